The van der Waals surface area contributed by atoms with Crippen molar-refractivity contribution in [1.29, 1.82) is 0 Å². The average Bonchev–Trinajstić information content (AvgIpc) is 2.78. The lowest BCUT2D eigenvalue weighted by Crippen LogP contribution is -2.23. The van der Waals surface area contributed by atoms with Gasteiger partial charge in [0, 0.05) is 0 Å². The van der Waals surface area contributed by atoms with Crippen LogP contribution in [0.25, 0.3) is 15.2 Å². The minimum Gasteiger partial charge on any atom is -0.462 e. The molecule has 0 saturated carbocycles. The highest BCUT2D eigenvalue weighted by Crippen LogP contribution is 2.32. The fourth-order valence-electron chi connectivity index (χ4n) is 1.95. The molecule has 3 aromatic rings. The molecule has 0 spiro atoms. The van der Waals surface area contributed by atoms with Gasteiger partial charge in [-0.2, -0.15) is 0 Å². The molecule has 0 aliphatic heterocycles. The van der Waals surface area contributed by atoms with Crippen LogP contribution < -0.4 is 5.56 Å². The second kappa shape index (κ2) is 5.29. The number of ether oxygens (including phenoxy) is 1. The largest absolute Gasteiger partial charge is 0.462 e. The minimum atomic E-state index is -0.691. The van der Waals surface area contributed by atoms with Crippen molar-refractivity contribution in [1.82, 2.24) is 9.38 Å². The zero-order valence-corrected chi connectivity index (χ0v) is 13.1. The second-order valence-corrected chi connectivity index (χ2v) is 5.98. The Labute approximate surface area is 132 Å². The molecule has 0 bridgehead atoms. The zero-order chi connectivity index (χ0) is 15.1. The van der Waals surface area contributed by atoms with Gasteiger partial charge in [-0.1, -0.05) is 34.5 Å². The maximum atomic E-state index is 12.5. The number of halogens is 2. The third-order valence-corrected chi connectivity index (χ3v) is 4.61. The van der Waals surface area contributed by atoms with Crippen LogP contribution in [0, 0.1) is 0 Å². The molecule has 2 heterocycles. The number of rotatable bonds is 2. The van der Waals surface area contributed by atoms with E-state index >= 15 is 0 Å². The van der Waals surface area contributed by atoms with Crippen LogP contribution in [0.4, 0.5) is 0 Å². The van der Waals surface area contributed by atoms with Gasteiger partial charge in [0.1, 0.15) is 5.56 Å². The number of esters is 1. The summed E-state index contributed by atoms with van der Waals surface area (Å²) >= 11 is 13.3. The quantitative estimate of drug-likeness (QED) is 0.669. The lowest BCUT2D eigenvalue weighted by Gasteiger charge is -2.02. The summed E-state index contributed by atoms with van der Waals surface area (Å²) in [5, 5.41) is 0.728. The van der Waals surface area contributed by atoms with Gasteiger partial charge in [-0.15, -0.1) is 0 Å². The summed E-state index contributed by atoms with van der Waals surface area (Å²) in [5.74, 6) is -0.691. The van der Waals surface area contributed by atoms with E-state index in [1.165, 1.54) is 21.9 Å². The summed E-state index contributed by atoms with van der Waals surface area (Å²) in [6.07, 6.45) is 1.23. The fraction of sp³-hybridized carbons (Fsp3) is 0.154. The molecule has 8 heteroatoms. The van der Waals surface area contributed by atoms with E-state index in [2.05, 4.69) is 4.98 Å². The van der Waals surface area contributed by atoms with Gasteiger partial charge < -0.3 is 4.74 Å². The standard InChI is InChI=1S/C13H8Cl2N2O3S/c1-2-20-12(19)6-5-16-13-17(11(6)18)9-3-7(14)8(15)4-10(9)21-13/h3-5H,2H2,1H3. The Bertz CT molecular complexity index is 932. The van der Waals surface area contributed by atoms with Gasteiger partial charge in [0.15, 0.2) is 4.96 Å². The Morgan fingerprint density at radius 1 is 1.38 bits per heavy atom. The van der Waals surface area contributed by atoms with Crippen molar-refractivity contribution in [2.45, 2.75) is 6.92 Å². The first kappa shape index (κ1) is 14.3. The van der Waals surface area contributed by atoms with Crippen LogP contribution >= 0.6 is 34.5 Å². The summed E-state index contributed by atoms with van der Waals surface area (Å²) in [6.45, 7) is 1.86. The zero-order valence-electron chi connectivity index (χ0n) is 10.7. The SMILES string of the molecule is CCOC(=O)c1cnc2sc3cc(Cl)c(Cl)cc3n2c1=O. The molecule has 0 radical (unpaired) electrons. The van der Waals surface area contributed by atoms with E-state index in [0.717, 1.165) is 4.70 Å². The molecular weight excluding hydrogens is 335 g/mol. The molecule has 0 atom stereocenters. The van der Waals surface area contributed by atoms with Crippen LogP contribution in [0.3, 0.4) is 0 Å². The molecular formula is C13H8Cl2N2O3S. The monoisotopic (exact) mass is 342 g/mol. The summed E-state index contributed by atoms with van der Waals surface area (Å²) < 4.78 is 6.95. The molecule has 2 aromatic heterocycles. The summed E-state index contributed by atoms with van der Waals surface area (Å²) in [5.41, 5.74) is -0.0312. The maximum Gasteiger partial charge on any atom is 0.345 e. The van der Waals surface area contributed by atoms with Gasteiger partial charge in [0.2, 0.25) is 0 Å². The normalized spacial score (nSPS) is 11.2. The highest BCUT2D eigenvalue weighted by atomic mass is 35.5. The first-order valence-electron chi connectivity index (χ1n) is 5.99. The maximum absolute atomic E-state index is 12.5. The van der Waals surface area contributed by atoms with E-state index in [1.807, 2.05) is 0 Å². The van der Waals surface area contributed by atoms with Gasteiger partial charge in [-0.25, -0.2) is 9.78 Å². The van der Waals surface area contributed by atoms with Crippen molar-refractivity contribution in [3.8, 4) is 0 Å². The van der Waals surface area contributed by atoms with Crippen LogP contribution in [0.1, 0.15) is 17.3 Å². The minimum absolute atomic E-state index is 0.111. The Balaban J connectivity index is 2.36. The van der Waals surface area contributed by atoms with E-state index in [1.54, 1.807) is 19.1 Å². The van der Waals surface area contributed by atoms with Gasteiger partial charge in [-0.05, 0) is 19.1 Å². The second-order valence-electron chi connectivity index (χ2n) is 4.15. The fourth-order valence-corrected chi connectivity index (χ4v) is 3.34. The molecule has 0 unspecified atom stereocenters. The molecule has 3 rings (SSSR count). The lowest BCUT2D eigenvalue weighted by molar-refractivity contribution is 0.0523. The molecule has 5 nitrogen and oxygen atoms in total. The first-order valence-corrected chi connectivity index (χ1v) is 7.56. The van der Waals surface area contributed by atoms with Crippen molar-refractivity contribution < 1.29 is 9.53 Å². The highest BCUT2D eigenvalue weighted by Gasteiger charge is 2.17. The first-order chi connectivity index (χ1) is 10.0. The Morgan fingerprint density at radius 3 is 2.81 bits per heavy atom. The lowest BCUT2D eigenvalue weighted by atomic mass is 10.3. The van der Waals surface area contributed by atoms with E-state index in [4.69, 9.17) is 27.9 Å². The number of aromatic nitrogens is 2. The van der Waals surface area contributed by atoms with Crippen molar-refractivity contribution in [2.75, 3.05) is 6.61 Å². The van der Waals surface area contributed by atoms with Crippen LogP contribution in [0.5, 0.6) is 0 Å². The van der Waals surface area contributed by atoms with Gasteiger partial charge >= 0.3 is 5.97 Å². The van der Waals surface area contributed by atoms with E-state index in [-0.39, 0.29) is 12.2 Å². The number of fused-ring (bicyclic) bond motifs is 3. The Kier molecular flexibility index (Phi) is 3.61. The molecule has 0 amide bonds. The molecule has 0 aliphatic rings. The van der Waals surface area contributed by atoms with Gasteiger partial charge in [0.05, 0.1) is 33.1 Å². The van der Waals surface area contributed by atoms with Gasteiger partial charge in [0.25, 0.3) is 5.56 Å². The summed E-state index contributed by atoms with van der Waals surface area (Å²) in [4.78, 5) is 28.8. The molecule has 0 aliphatic carbocycles. The predicted molar refractivity (Wildman–Crippen MR) is 82.8 cm³/mol. The summed E-state index contributed by atoms with van der Waals surface area (Å²) in [7, 11) is 0. The van der Waals surface area contributed by atoms with E-state index < -0.39 is 11.5 Å². The number of benzene rings is 1. The predicted octanol–water partition coefficient (Wildman–Crippen LogP) is 3.39. The van der Waals surface area contributed by atoms with Crippen LogP contribution in [-0.2, 0) is 4.74 Å². The Morgan fingerprint density at radius 2 is 2.10 bits per heavy atom. The smallest absolute Gasteiger partial charge is 0.345 e. The van der Waals surface area contributed by atoms with Crippen LogP contribution in [-0.4, -0.2) is 22.0 Å². The van der Waals surface area contributed by atoms with Crippen LogP contribution in [0.2, 0.25) is 10.0 Å². The highest BCUT2D eigenvalue weighted by molar-refractivity contribution is 7.23. The van der Waals surface area contributed by atoms with Gasteiger partial charge in [-0.3, -0.25) is 9.20 Å². The van der Waals surface area contributed by atoms with Crippen molar-refractivity contribution in [2.24, 2.45) is 0 Å². The van der Waals surface area contributed by atoms with Crippen LogP contribution in [0.15, 0.2) is 23.1 Å². The van der Waals surface area contributed by atoms with Crippen molar-refractivity contribution in [3.05, 3.63) is 44.3 Å². The summed E-state index contributed by atoms with van der Waals surface area (Å²) in [6, 6.07) is 3.25. The molecule has 0 fully saturated rings. The number of carbonyl (C=O) groups excluding carboxylic acids is 1. The molecule has 21 heavy (non-hydrogen) atoms. The Hall–Kier alpha value is -1.63. The number of thiazole rings is 1. The molecule has 0 saturated heterocycles. The van der Waals surface area contributed by atoms with Crippen molar-refractivity contribution >= 4 is 55.7 Å². The number of carbonyl (C=O) groups is 1. The number of hydrogen-bond acceptors (Lipinski definition) is 5. The molecule has 1 aromatic carbocycles. The van der Waals surface area contributed by atoms with Crippen molar-refractivity contribution in [3.63, 3.8) is 0 Å². The average molecular weight is 343 g/mol. The number of nitrogens with zero attached hydrogens (tertiary/aromatic N) is 2. The molecule has 108 valence electrons. The molecule has 0 N–H and O–H groups in total. The number of hydrogen-bond donors (Lipinski definition) is 0. The van der Waals surface area contributed by atoms with E-state index in [9.17, 15) is 9.59 Å². The topological polar surface area (TPSA) is 60.7 Å². The third-order valence-electron chi connectivity index (χ3n) is 2.87. The van der Waals surface area contributed by atoms with E-state index in [0.29, 0.717) is 20.5 Å². The third kappa shape index (κ3) is 2.29.